The second-order valence-corrected chi connectivity index (χ2v) is 4.83. The molecule has 7 heteroatoms. The van der Waals surface area contributed by atoms with E-state index in [1.165, 1.54) is 39.5 Å². The first-order valence-corrected chi connectivity index (χ1v) is 6.72. The minimum Gasteiger partial charge on any atom is -0.467 e. The Bertz CT molecular complexity index is 407. The van der Waals surface area contributed by atoms with Crippen LogP contribution < -0.4 is 15.8 Å². The molecule has 1 aromatic heterocycles. The molecular weight excluding hydrogens is 244 g/mol. The van der Waals surface area contributed by atoms with E-state index in [1.807, 2.05) is 0 Å². The number of methoxy groups -OCH3 is 1. The van der Waals surface area contributed by atoms with E-state index in [2.05, 4.69) is 32.1 Å². The van der Waals surface area contributed by atoms with Crippen LogP contribution in [0, 0.1) is 0 Å². The number of nitrogens with two attached hydrogens (primary N) is 1. The number of nitrogens with zero attached hydrogens (tertiary/aromatic N) is 4. The molecule has 1 atom stereocenters. The maximum atomic E-state index is 5.59. The first-order valence-electron chi connectivity index (χ1n) is 6.72. The molecule has 7 nitrogen and oxygen atoms in total. The molecule has 1 fully saturated rings. The first kappa shape index (κ1) is 13.8. The monoisotopic (exact) mass is 266 g/mol. The number of rotatable bonds is 5. The first-order chi connectivity index (χ1) is 9.19. The van der Waals surface area contributed by atoms with E-state index < -0.39 is 0 Å². The molecule has 3 N–H and O–H groups in total. The maximum absolute atomic E-state index is 5.59. The fourth-order valence-corrected chi connectivity index (χ4v) is 2.27. The number of anilines is 2. The third kappa shape index (κ3) is 3.92. The number of likely N-dealkylation sites (tertiary alicyclic amines) is 1. The van der Waals surface area contributed by atoms with Crippen molar-refractivity contribution in [1.82, 2.24) is 19.9 Å². The quantitative estimate of drug-likeness (QED) is 0.812. The van der Waals surface area contributed by atoms with Crippen LogP contribution in [0.3, 0.4) is 0 Å². The van der Waals surface area contributed by atoms with Crippen molar-refractivity contribution < 1.29 is 4.74 Å². The van der Waals surface area contributed by atoms with E-state index in [4.69, 9.17) is 10.5 Å². The Hall–Kier alpha value is -1.63. The molecule has 2 rings (SSSR count). The van der Waals surface area contributed by atoms with Crippen molar-refractivity contribution in [2.24, 2.45) is 0 Å². The van der Waals surface area contributed by atoms with Crippen molar-refractivity contribution in [2.45, 2.75) is 32.2 Å². The van der Waals surface area contributed by atoms with Gasteiger partial charge in [-0.25, -0.2) is 0 Å². The van der Waals surface area contributed by atoms with Crippen LogP contribution in [-0.4, -0.2) is 52.6 Å². The Morgan fingerprint density at radius 3 is 2.68 bits per heavy atom. The highest BCUT2D eigenvalue weighted by atomic mass is 16.5. The van der Waals surface area contributed by atoms with E-state index in [0.717, 1.165) is 6.54 Å². The average Bonchev–Trinajstić information content (AvgIpc) is 2.45. The highest BCUT2D eigenvalue weighted by molar-refractivity contribution is 5.32. The van der Waals surface area contributed by atoms with Gasteiger partial charge in [-0.15, -0.1) is 0 Å². The number of hydrogen-bond acceptors (Lipinski definition) is 7. The van der Waals surface area contributed by atoms with Crippen molar-refractivity contribution in [3.05, 3.63) is 0 Å². The molecule has 0 saturated carbocycles. The number of aromatic nitrogens is 3. The molecule has 106 valence electrons. The van der Waals surface area contributed by atoms with Gasteiger partial charge in [0.1, 0.15) is 0 Å². The molecule has 1 aromatic rings. The van der Waals surface area contributed by atoms with Gasteiger partial charge in [-0.2, -0.15) is 15.0 Å². The second-order valence-electron chi connectivity index (χ2n) is 4.83. The summed E-state index contributed by atoms with van der Waals surface area (Å²) in [6.07, 6.45) is 3.92. The molecule has 1 aliphatic heterocycles. The summed E-state index contributed by atoms with van der Waals surface area (Å²) in [5.41, 5.74) is 5.59. The van der Waals surface area contributed by atoms with Crippen LogP contribution in [0.1, 0.15) is 26.2 Å². The normalized spacial score (nSPS) is 18.0. The Labute approximate surface area is 113 Å². The molecule has 2 heterocycles. The molecule has 0 amide bonds. The minimum absolute atomic E-state index is 0.167. The molecule has 1 saturated heterocycles. The number of piperidine rings is 1. The van der Waals surface area contributed by atoms with Gasteiger partial charge in [-0.3, -0.25) is 4.90 Å². The average molecular weight is 266 g/mol. The van der Waals surface area contributed by atoms with Crippen molar-refractivity contribution in [3.63, 3.8) is 0 Å². The van der Waals surface area contributed by atoms with Gasteiger partial charge in [0.25, 0.3) is 0 Å². The highest BCUT2D eigenvalue weighted by Gasteiger charge is 2.16. The van der Waals surface area contributed by atoms with E-state index in [0.29, 0.717) is 12.0 Å². The zero-order valence-electron chi connectivity index (χ0n) is 11.6. The molecule has 1 aliphatic rings. The smallest absolute Gasteiger partial charge is 0.322 e. The maximum Gasteiger partial charge on any atom is 0.322 e. The summed E-state index contributed by atoms with van der Waals surface area (Å²) >= 11 is 0. The summed E-state index contributed by atoms with van der Waals surface area (Å²) in [4.78, 5) is 14.5. The standard InChI is InChI=1S/C12H22N6O/c1-9(18-6-4-3-5-7-18)8-14-11-15-10(13)16-12(17-11)19-2/h9H,3-8H2,1-2H3,(H3,13,14,15,16,17). The topological polar surface area (TPSA) is 89.2 Å². The van der Waals surface area contributed by atoms with Gasteiger partial charge in [0.15, 0.2) is 0 Å². The lowest BCUT2D eigenvalue weighted by atomic mass is 10.1. The molecule has 19 heavy (non-hydrogen) atoms. The van der Waals surface area contributed by atoms with Crippen molar-refractivity contribution in [3.8, 4) is 6.01 Å². The summed E-state index contributed by atoms with van der Waals surface area (Å²) in [6.45, 7) is 5.34. The second kappa shape index (κ2) is 6.51. The Kier molecular flexibility index (Phi) is 4.73. The number of nitrogens with one attached hydrogen (secondary N) is 1. The molecule has 0 aromatic carbocycles. The van der Waals surface area contributed by atoms with E-state index in [-0.39, 0.29) is 12.0 Å². The predicted molar refractivity (Wildman–Crippen MR) is 74.2 cm³/mol. The zero-order valence-corrected chi connectivity index (χ0v) is 11.6. The number of nitrogen functional groups attached to an aromatic ring is 1. The van der Waals surface area contributed by atoms with E-state index in [1.54, 1.807) is 0 Å². The summed E-state index contributed by atoms with van der Waals surface area (Å²) < 4.78 is 4.97. The highest BCUT2D eigenvalue weighted by Crippen LogP contribution is 2.13. The lowest BCUT2D eigenvalue weighted by Gasteiger charge is -2.32. The molecule has 0 spiro atoms. The summed E-state index contributed by atoms with van der Waals surface area (Å²) in [5, 5.41) is 3.19. The van der Waals surface area contributed by atoms with Gasteiger partial charge in [-0.1, -0.05) is 6.42 Å². The molecule has 0 bridgehead atoms. The summed E-state index contributed by atoms with van der Waals surface area (Å²) in [6, 6.07) is 0.685. The van der Waals surface area contributed by atoms with Gasteiger partial charge in [0, 0.05) is 12.6 Å². The van der Waals surface area contributed by atoms with Crippen molar-refractivity contribution in [1.29, 1.82) is 0 Å². The number of hydrogen-bond donors (Lipinski definition) is 2. The Morgan fingerprint density at radius 1 is 1.26 bits per heavy atom. The summed E-state index contributed by atoms with van der Waals surface area (Å²) in [7, 11) is 1.51. The van der Waals surface area contributed by atoms with Gasteiger partial charge < -0.3 is 15.8 Å². The lowest BCUT2D eigenvalue weighted by Crippen LogP contribution is -2.41. The van der Waals surface area contributed by atoms with Crippen molar-refractivity contribution in [2.75, 3.05) is 37.8 Å². The van der Waals surface area contributed by atoms with Crippen LogP contribution in [-0.2, 0) is 0 Å². The van der Waals surface area contributed by atoms with E-state index in [9.17, 15) is 0 Å². The largest absolute Gasteiger partial charge is 0.467 e. The molecule has 0 aliphatic carbocycles. The van der Waals surface area contributed by atoms with Crippen LogP contribution in [0.4, 0.5) is 11.9 Å². The van der Waals surface area contributed by atoms with Crippen LogP contribution in [0.2, 0.25) is 0 Å². The Morgan fingerprint density at radius 2 is 2.00 bits per heavy atom. The Balaban J connectivity index is 1.88. The third-order valence-electron chi connectivity index (χ3n) is 3.38. The lowest BCUT2D eigenvalue weighted by molar-refractivity contribution is 0.180. The fourth-order valence-electron chi connectivity index (χ4n) is 2.27. The van der Waals surface area contributed by atoms with Gasteiger partial charge in [0.2, 0.25) is 11.9 Å². The van der Waals surface area contributed by atoms with Crippen LogP contribution >= 0.6 is 0 Å². The SMILES string of the molecule is COc1nc(N)nc(NCC(C)N2CCCCC2)n1. The summed E-state index contributed by atoms with van der Waals surface area (Å²) in [5.74, 6) is 0.633. The third-order valence-corrected chi connectivity index (χ3v) is 3.38. The number of ether oxygens (including phenoxy) is 1. The van der Waals surface area contributed by atoms with Gasteiger partial charge in [0.05, 0.1) is 7.11 Å². The molecule has 0 radical (unpaired) electrons. The molecular formula is C12H22N6O. The van der Waals surface area contributed by atoms with Crippen LogP contribution in [0.25, 0.3) is 0 Å². The van der Waals surface area contributed by atoms with E-state index >= 15 is 0 Å². The van der Waals surface area contributed by atoms with Crippen molar-refractivity contribution >= 4 is 11.9 Å². The zero-order chi connectivity index (χ0) is 13.7. The van der Waals surface area contributed by atoms with Gasteiger partial charge in [-0.05, 0) is 32.9 Å². The fraction of sp³-hybridized carbons (Fsp3) is 0.750. The van der Waals surface area contributed by atoms with Crippen LogP contribution in [0.5, 0.6) is 6.01 Å². The van der Waals surface area contributed by atoms with Gasteiger partial charge >= 0.3 is 6.01 Å². The predicted octanol–water partition coefficient (Wildman–Crippen LogP) is 0.749. The van der Waals surface area contributed by atoms with Crippen LogP contribution in [0.15, 0.2) is 0 Å². The molecule has 1 unspecified atom stereocenters. The minimum atomic E-state index is 0.167.